The second kappa shape index (κ2) is 4.61. The van der Waals surface area contributed by atoms with E-state index >= 15 is 0 Å². The van der Waals surface area contributed by atoms with E-state index in [0.717, 1.165) is 31.6 Å². The van der Waals surface area contributed by atoms with Gasteiger partial charge in [0.25, 0.3) is 0 Å². The molecular weight excluding hydrogens is 166 g/mol. The lowest BCUT2D eigenvalue weighted by Gasteiger charge is -2.26. The van der Waals surface area contributed by atoms with Crippen molar-refractivity contribution in [1.82, 2.24) is 0 Å². The zero-order valence-corrected chi connectivity index (χ0v) is 8.45. The van der Waals surface area contributed by atoms with Crippen LogP contribution >= 0.6 is 0 Å². The van der Waals surface area contributed by atoms with E-state index in [9.17, 15) is 4.79 Å². The monoisotopic (exact) mass is 185 g/mol. The van der Waals surface area contributed by atoms with E-state index in [2.05, 4.69) is 6.92 Å². The third-order valence-corrected chi connectivity index (χ3v) is 2.62. The van der Waals surface area contributed by atoms with E-state index in [1.165, 1.54) is 0 Å². The third-order valence-electron chi connectivity index (χ3n) is 2.62. The van der Waals surface area contributed by atoms with Gasteiger partial charge in [-0.1, -0.05) is 6.92 Å². The quantitative estimate of drug-likeness (QED) is 0.662. The highest BCUT2D eigenvalue weighted by molar-refractivity contribution is 5.75. The van der Waals surface area contributed by atoms with Crippen LogP contribution in [0.2, 0.25) is 0 Å². The molecule has 3 heteroatoms. The lowest BCUT2D eigenvalue weighted by Crippen LogP contribution is -2.33. The minimum absolute atomic E-state index is 0.120. The first kappa shape index (κ1) is 10.5. The van der Waals surface area contributed by atoms with Gasteiger partial charge in [0, 0.05) is 0 Å². The molecule has 1 rings (SSSR count). The van der Waals surface area contributed by atoms with Gasteiger partial charge in [-0.05, 0) is 38.5 Å². The normalized spacial score (nSPS) is 31.0. The van der Waals surface area contributed by atoms with Gasteiger partial charge in [-0.3, -0.25) is 4.79 Å². The Labute approximate surface area is 79.6 Å². The first-order valence-corrected chi connectivity index (χ1v) is 5.05. The van der Waals surface area contributed by atoms with Gasteiger partial charge in [0.1, 0.15) is 12.1 Å². The van der Waals surface area contributed by atoms with Crippen molar-refractivity contribution in [2.45, 2.75) is 51.7 Å². The number of esters is 1. The highest BCUT2D eigenvalue weighted by atomic mass is 16.5. The minimum Gasteiger partial charge on any atom is -0.461 e. The van der Waals surface area contributed by atoms with Crippen LogP contribution < -0.4 is 5.73 Å². The maximum Gasteiger partial charge on any atom is 0.322 e. The molecule has 0 heterocycles. The van der Waals surface area contributed by atoms with Crippen LogP contribution in [0.15, 0.2) is 0 Å². The molecule has 0 unspecified atom stereocenters. The smallest absolute Gasteiger partial charge is 0.322 e. The Morgan fingerprint density at radius 3 is 2.38 bits per heavy atom. The molecule has 1 saturated carbocycles. The van der Waals surface area contributed by atoms with E-state index in [1.54, 1.807) is 6.92 Å². The fourth-order valence-electron chi connectivity index (χ4n) is 1.62. The van der Waals surface area contributed by atoms with Crippen LogP contribution in [0, 0.1) is 5.92 Å². The summed E-state index contributed by atoms with van der Waals surface area (Å²) in [6.07, 6.45) is 4.45. The summed E-state index contributed by atoms with van der Waals surface area (Å²) in [7, 11) is 0. The molecule has 0 saturated heterocycles. The molecule has 0 aromatic carbocycles. The van der Waals surface area contributed by atoms with E-state index in [4.69, 9.17) is 10.5 Å². The Kier molecular flexibility index (Phi) is 3.72. The largest absolute Gasteiger partial charge is 0.461 e. The van der Waals surface area contributed by atoms with Gasteiger partial charge in [0.2, 0.25) is 0 Å². The number of hydrogen-bond donors (Lipinski definition) is 1. The summed E-state index contributed by atoms with van der Waals surface area (Å²) in [4.78, 5) is 11.1. The van der Waals surface area contributed by atoms with E-state index in [-0.39, 0.29) is 12.1 Å². The van der Waals surface area contributed by atoms with E-state index in [1.807, 2.05) is 0 Å². The van der Waals surface area contributed by atoms with Gasteiger partial charge in [0.15, 0.2) is 0 Å². The molecule has 3 nitrogen and oxygen atoms in total. The highest BCUT2D eigenvalue weighted by Crippen LogP contribution is 2.25. The molecule has 13 heavy (non-hydrogen) atoms. The Morgan fingerprint density at radius 2 is 1.92 bits per heavy atom. The topological polar surface area (TPSA) is 52.3 Å². The summed E-state index contributed by atoms with van der Waals surface area (Å²) in [5.41, 5.74) is 5.41. The standard InChI is InChI=1S/C10H19NO2/c1-7-3-5-9(6-4-7)13-10(12)8(2)11/h7-9H,3-6,11H2,1-2H3/t7-,8-,9+/m0/s1. The van der Waals surface area contributed by atoms with Crippen LogP contribution in [0.3, 0.4) is 0 Å². The molecular formula is C10H19NO2. The summed E-state index contributed by atoms with van der Waals surface area (Å²) >= 11 is 0. The lowest BCUT2D eigenvalue weighted by atomic mass is 9.89. The molecule has 0 amide bonds. The molecule has 0 bridgehead atoms. The molecule has 0 aliphatic heterocycles. The highest BCUT2D eigenvalue weighted by Gasteiger charge is 2.22. The lowest BCUT2D eigenvalue weighted by molar-refractivity contribution is -0.152. The molecule has 0 aromatic rings. The van der Waals surface area contributed by atoms with Crippen molar-refractivity contribution < 1.29 is 9.53 Å². The molecule has 1 aliphatic rings. The van der Waals surface area contributed by atoms with Crippen molar-refractivity contribution in [2.24, 2.45) is 11.7 Å². The van der Waals surface area contributed by atoms with Crippen molar-refractivity contribution in [3.05, 3.63) is 0 Å². The average Bonchev–Trinajstić information content (AvgIpc) is 2.08. The number of ether oxygens (including phenoxy) is 1. The molecule has 1 fully saturated rings. The predicted octanol–water partition coefficient (Wildman–Crippen LogP) is 1.46. The number of carbonyl (C=O) groups excluding carboxylic acids is 1. The van der Waals surface area contributed by atoms with Gasteiger partial charge < -0.3 is 10.5 Å². The maximum absolute atomic E-state index is 11.1. The Morgan fingerprint density at radius 1 is 1.38 bits per heavy atom. The van der Waals surface area contributed by atoms with Crippen LogP contribution in [0.4, 0.5) is 0 Å². The summed E-state index contributed by atoms with van der Waals surface area (Å²) in [5, 5.41) is 0. The minimum atomic E-state index is -0.487. The van der Waals surface area contributed by atoms with Gasteiger partial charge in [-0.15, -0.1) is 0 Å². The second-order valence-electron chi connectivity index (χ2n) is 4.11. The van der Waals surface area contributed by atoms with Crippen molar-refractivity contribution in [3.8, 4) is 0 Å². The molecule has 0 spiro atoms. The summed E-state index contributed by atoms with van der Waals surface area (Å²) in [6.45, 7) is 3.90. The third kappa shape index (κ3) is 3.35. The van der Waals surface area contributed by atoms with Crippen LogP contribution in [-0.4, -0.2) is 18.1 Å². The SMILES string of the molecule is C[C@H](N)C(=O)O[C@H]1CC[C@@H](C)CC1. The van der Waals surface area contributed by atoms with Crippen LogP contribution in [0.1, 0.15) is 39.5 Å². The van der Waals surface area contributed by atoms with E-state index in [0.29, 0.717) is 0 Å². The van der Waals surface area contributed by atoms with Gasteiger partial charge in [0.05, 0.1) is 0 Å². The average molecular weight is 185 g/mol. The number of carbonyl (C=O) groups is 1. The molecule has 1 atom stereocenters. The van der Waals surface area contributed by atoms with Crippen molar-refractivity contribution >= 4 is 5.97 Å². The molecule has 1 aliphatic carbocycles. The fraction of sp³-hybridized carbons (Fsp3) is 0.900. The van der Waals surface area contributed by atoms with Crippen LogP contribution in [-0.2, 0) is 9.53 Å². The zero-order chi connectivity index (χ0) is 9.84. The van der Waals surface area contributed by atoms with Gasteiger partial charge >= 0.3 is 5.97 Å². The van der Waals surface area contributed by atoms with Crippen molar-refractivity contribution in [2.75, 3.05) is 0 Å². The predicted molar refractivity (Wildman–Crippen MR) is 51.2 cm³/mol. The first-order chi connectivity index (χ1) is 6.09. The van der Waals surface area contributed by atoms with Crippen molar-refractivity contribution in [3.63, 3.8) is 0 Å². The zero-order valence-electron chi connectivity index (χ0n) is 8.45. The Balaban J connectivity index is 2.26. The number of hydrogen-bond acceptors (Lipinski definition) is 3. The summed E-state index contributed by atoms with van der Waals surface area (Å²) in [5.74, 6) is 0.518. The molecule has 2 N–H and O–H groups in total. The first-order valence-electron chi connectivity index (χ1n) is 5.05. The Hall–Kier alpha value is -0.570. The maximum atomic E-state index is 11.1. The van der Waals surface area contributed by atoms with Crippen LogP contribution in [0.5, 0.6) is 0 Å². The van der Waals surface area contributed by atoms with Crippen LogP contribution in [0.25, 0.3) is 0 Å². The number of rotatable bonds is 2. The van der Waals surface area contributed by atoms with Gasteiger partial charge in [-0.25, -0.2) is 0 Å². The molecule has 0 radical (unpaired) electrons. The van der Waals surface area contributed by atoms with Crippen molar-refractivity contribution in [1.29, 1.82) is 0 Å². The molecule has 0 aromatic heterocycles. The summed E-state index contributed by atoms with van der Waals surface area (Å²) in [6, 6.07) is -0.487. The second-order valence-corrected chi connectivity index (χ2v) is 4.11. The number of nitrogens with two attached hydrogens (primary N) is 1. The molecule has 76 valence electrons. The van der Waals surface area contributed by atoms with Gasteiger partial charge in [-0.2, -0.15) is 0 Å². The Bertz CT molecular complexity index is 172. The summed E-state index contributed by atoms with van der Waals surface area (Å²) < 4.78 is 5.24. The van der Waals surface area contributed by atoms with E-state index < -0.39 is 6.04 Å². The fourth-order valence-corrected chi connectivity index (χ4v) is 1.62.